The lowest BCUT2D eigenvalue weighted by molar-refractivity contribution is -0.404. The van der Waals surface area contributed by atoms with Gasteiger partial charge in [0.05, 0.1) is 51.3 Å². The highest BCUT2D eigenvalue weighted by molar-refractivity contribution is 5.27. The number of hydrogen-bond acceptors (Lipinski definition) is 23. The maximum Gasteiger partial charge on any atom is 0.187 e. The van der Waals surface area contributed by atoms with Gasteiger partial charge in [0.25, 0.3) is 0 Å². The molecule has 0 bridgehead atoms. The Labute approximate surface area is 423 Å². The molecular formula is C50H80O23. The minimum atomic E-state index is -2.02. The predicted molar refractivity (Wildman–Crippen MR) is 244 cm³/mol. The third-order valence-corrected chi connectivity index (χ3v) is 19.5. The molecular weight excluding hydrogens is 969 g/mol. The largest absolute Gasteiger partial charge is 0.394 e. The molecule has 73 heavy (non-hydrogen) atoms. The summed E-state index contributed by atoms with van der Waals surface area (Å²) in [5.41, 5.74) is 0.927. The summed E-state index contributed by atoms with van der Waals surface area (Å²) in [6, 6.07) is 0. The molecule has 3 saturated carbocycles. The summed E-state index contributed by atoms with van der Waals surface area (Å²) in [6.45, 7) is 6.89. The summed E-state index contributed by atoms with van der Waals surface area (Å²) in [7, 11) is 0. The lowest BCUT2D eigenvalue weighted by Gasteiger charge is -2.59. The molecule has 0 aromatic carbocycles. The first-order chi connectivity index (χ1) is 34.7. The second kappa shape index (κ2) is 21.1. The Hall–Kier alpha value is -1.18. The van der Waals surface area contributed by atoms with Gasteiger partial charge >= 0.3 is 0 Å². The van der Waals surface area contributed by atoms with Crippen molar-refractivity contribution in [3.8, 4) is 0 Å². The SMILES string of the molecule is C[C@H]1CC[C@@]2(OC1)O[C@H]1C[C@H]3[C@@H]4CC=C5C[C@@H](O[C@@H]6O[C@H](CO)[C@H](O[C@@H]7O[C@H](CO)[C@@H](O)[C@H](O[C@@H]8OC[C@@H](O)[C@H](O)[C@H]8O)[C@H]7O[C@@H]7O[C@H](CO)[C@@H](O)[C@H](O)[C@H]7O)[C@H](O)[C@H]6O)[C@H](O)C[C@]5(C)[C@@H]4CC[C@]3(C)[C@H]1[C@@H]2C. The predicted octanol–water partition coefficient (Wildman–Crippen LogP) is -3.38. The van der Waals surface area contributed by atoms with Gasteiger partial charge in [-0.2, -0.15) is 0 Å². The Balaban J connectivity index is 0.837. The van der Waals surface area contributed by atoms with Gasteiger partial charge in [0.15, 0.2) is 30.9 Å². The van der Waals surface area contributed by atoms with E-state index in [0.29, 0.717) is 48.3 Å². The van der Waals surface area contributed by atoms with E-state index in [0.717, 1.165) is 50.7 Å². The lowest BCUT2D eigenvalue weighted by Crippen LogP contribution is -2.68. The third kappa shape index (κ3) is 9.41. The maximum absolute atomic E-state index is 11.9. The average molecular weight is 1050 g/mol. The van der Waals surface area contributed by atoms with Crippen LogP contribution in [0.4, 0.5) is 0 Å². The van der Waals surface area contributed by atoms with Gasteiger partial charge in [-0.05, 0) is 85.4 Å². The molecule has 0 unspecified atom stereocenters. The van der Waals surface area contributed by atoms with Gasteiger partial charge in [-0.3, -0.25) is 0 Å². The first-order valence-corrected chi connectivity index (χ1v) is 26.5. The molecule has 6 heterocycles. The monoisotopic (exact) mass is 1050 g/mol. The van der Waals surface area contributed by atoms with E-state index in [4.69, 9.17) is 47.4 Å². The first kappa shape index (κ1) is 55.1. The summed E-state index contributed by atoms with van der Waals surface area (Å²) in [6.07, 6.45) is -26.6. The van der Waals surface area contributed by atoms with Crippen molar-refractivity contribution in [2.75, 3.05) is 33.0 Å². The van der Waals surface area contributed by atoms with E-state index in [-0.39, 0.29) is 16.9 Å². The van der Waals surface area contributed by atoms with Crippen LogP contribution in [0.1, 0.15) is 79.1 Å². The van der Waals surface area contributed by atoms with Crippen molar-refractivity contribution in [2.45, 2.75) is 220 Å². The van der Waals surface area contributed by atoms with Crippen molar-refractivity contribution >= 4 is 0 Å². The Morgan fingerprint density at radius 2 is 1.23 bits per heavy atom. The van der Waals surface area contributed by atoms with Crippen molar-refractivity contribution in [3.63, 3.8) is 0 Å². The fourth-order valence-corrected chi connectivity index (χ4v) is 15.3. The Morgan fingerprint density at radius 3 is 1.93 bits per heavy atom. The third-order valence-electron chi connectivity index (χ3n) is 19.5. The van der Waals surface area contributed by atoms with Crippen LogP contribution in [0.25, 0.3) is 0 Å². The van der Waals surface area contributed by atoms with E-state index in [1.807, 2.05) is 0 Å². The number of ether oxygens (including phenoxy) is 10. The van der Waals surface area contributed by atoms with Crippen molar-refractivity contribution in [1.29, 1.82) is 0 Å². The van der Waals surface area contributed by atoms with Gasteiger partial charge in [-0.15, -0.1) is 0 Å². The highest BCUT2D eigenvalue weighted by Gasteiger charge is 2.69. The van der Waals surface area contributed by atoms with Crippen LogP contribution >= 0.6 is 0 Å². The summed E-state index contributed by atoms with van der Waals surface area (Å²) < 4.78 is 61.0. The molecule has 31 atom stereocenters. The van der Waals surface area contributed by atoms with Gasteiger partial charge in [-0.25, -0.2) is 0 Å². The fraction of sp³-hybridized carbons (Fsp3) is 0.960. The molecule has 10 rings (SSSR count). The van der Waals surface area contributed by atoms with Crippen molar-refractivity contribution in [2.24, 2.45) is 46.3 Å². The van der Waals surface area contributed by atoms with Crippen LogP contribution in [0.15, 0.2) is 11.6 Å². The molecule has 6 aliphatic heterocycles. The van der Waals surface area contributed by atoms with E-state index in [9.17, 15) is 66.4 Å². The topological polar surface area (TPSA) is 355 Å². The molecule has 6 saturated heterocycles. The van der Waals surface area contributed by atoms with Gasteiger partial charge in [0.2, 0.25) is 0 Å². The first-order valence-electron chi connectivity index (χ1n) is 26.5. The normalized spacial score (nSPS) is 57.1. The Kier molecular flexibility index (Phi) is 16.0. The molecule has 0 radical (unpaired) electrons. The van der Waals surface area contributed by atoms with Gasteiger partial charge < -0.3 is 114 Å². The second-order valence-electron chi connectivity index (χ2n) is 23.6. The average Bonchev–Trinajstić information content (AvgIpc) is 3.82. The Bertz CT molecular complexity index is 1920. The molecule has 13 N–H and O–H groups in total. The van der Waals surface area contributed by atoms with E-state index < -0.39 is 161 Å². The molecule has 1 spiro atoms. The lowest BCUT2D eigenvalue weighted by atomic mass is 9.46. The molecule has 23 nitrogen and oxygen atoms in total. The number of rotatable bonds is 11. The molecule has 0 aromatic heterocycles. The number of hydrogen-bond donors (Lipinski definition) is 13. The van der Waals surface area contributed by atoms with Crippen LogP contribution in [0, 0.1) is 46.3 Å². The maximum atomic E-state index is 11.9. The van der Waals surface area contributed by atoms with E-state index in [1.54, 1.807) is 0 Å². The van der Waals surface area contributed by atoms with Crippen LogP contribution < -0.4 is 0 Å². The number of aliphatic hydroxyl groups excluding tert-OH is 13. The van der Waals surface area contributed by atoms with Crippen LogP contribution in [0.2, 0.25) is 0 Å². The highest BCUT2D eigenvalue weighted by Crippen LogP contribution is 2.71. The molecule has 23 heteroatoms. The van der Waals surface area contributed by atoms with Crippen LogP contribution in [-0.4, -0.2) is 240 Å². The zero-order chi connectivity index (χ0) is 52.2. The van der Waals surface area contributed by atoms with Gasteiger partial charge in [0.1, 0.15) is 91.6 Å². The minimum absolute atomic E-state index is 0.101. The Morgan fingerprint density at radius 1 is 0.603 bits per heavy atom. The molecule has 10 aliphatic rings. The van der Waals surface area contributed by atoms with Crippen molar-refractivity contribution in [1.82, 2.24) is 0 Å². The van der Waals surface area contributed by atoms with E-state index in [1.165, 1.54) is 0 Å². The minimum Gasteiger partial charge on any atom is -0.394 e. The van der Waals surface area contributed by atoms with Crippen molar-refractivity contribution in [3.05, 3.63) is 11.6 Å². The molecule has 0 amide bonds. The standard InChI is InChI=1S/C50H80O23/c1-19-7-10-50(65-17-19)20(2)32-28(73-50)12-24-22-6-5-21-11-27(25(54)13-49(21,4)23(22)8-9-48(24,32)3)66-45-40(63)37(60)41(31(16-53)69-45)70-47-43(72-46-39(62)36(59)34(57)29(14-51)67-46)42(35(58)30(15-52)68-47)71-44-38(61)33(56)26(55)18-64-44/h5,19-20,22-47,51-63H,6-18H2,1-4H3/t19-,20-,22+,23+,24-,25+,26+,27+,28-,29+,30+,31+,32-,33-,34+,35+,36-,37+,38+,39+,40+,41-,42-,43+,44-,45+,46-,47-,48-,49-,50+/m0/s1. The van der Waals surface area contributed by atoms with Crippen molar-refractivity contribution < 1.29 is 114 Å². The van der Waals surface area contributed by atoms with Crippen LogP contribution in [0.5, 0.6) is 0 Å². The van der Waals surface area contributed by atoms with E-state index >= 15 is 0 Å². The van der Waals surface area contributed by atoms with Gasteiger partial charge in [0, 0.05) is 12.3 Å². The number of aliphatic hydroxyl groups is 13. The van der Waals surface area contributed by atoms with Crippen LogP contribution in [0.3, 0.4) is 0 Å². The van der Waals surface area contributed by atoms with Gasteiger partial charge in [-0.1, -0.05) is 39.3 Å². The fourth-order valence-electron chi connectivity index (χ4n) is 15.3. The molecule has 4 aliphatic carbocycles. The smallest absolute Gasteiger partial charge is 0.187 e. The summed E-state index contributed by atoms with van der Waals surface area (Å²) in [5.74, 6) is 1.91. The summed E-state index contributed by atoms with van der Waals surface area (Å²) >= 11 is 0. The highest BCUT2D eigenvalue weighted by atomic mass is 16.8. The summed E-state index contributed by atoms with van der Waals surface area (Å²) in [4.78, 5) is 0. The van der Waals surface area contributed by atoms with E-state index in [2.05, 4.69) is 33.8 Å². The molecule has 0 aromatic rings. The molecule has 418 valence electrons. The number of allylic oxidation sites excluding steroid dienone is 1. The molecule has 9 fully saturated rings. The number of fused-ring (bicyclic) bond motifs is 7. The summed E-state index contributed by atoms with van der Waals surface area (Å²) in [5, 5.41) is 141. The zero-order valence-electron chi connectivity index (χ0n) is 41.8. The quantitative estimate of drug-likeness (QED) is 0.0898. The van der Waals surface area contributed by atoms with Crippen LogP contribution in [-0.2, 0) is 47.4 Å². The second-order valence-corrected chi connectivity index (χ2v) is 23.6. The zero-order valence-corrected chi connectivity index (χ0v) is 41.8.